The minimum absolute atomic E-state index is 0.00335. The maximum Gasteiger partial charge on any atom is 0.264 e. The summed E-state index contributed by atoms with van der Waals surface area (Å²) < 4.78 is 42.1. The molecule has 208 valence electrons. The molecule has 0 aliphatic carbocycles. The third-order valence-electron chi connectivity index (χ3n) is 6.36. The fourth-order valence-electron chi connectivity index (χ4n) is 3.97. The summed E-state index contributed by atoms with van der Waals surface area (Å²) in [6.07, 6.45) is 0.777. The molecule has 0 fully saturated rings. The fourth-order valence-corrected chi connectivity index (χ4v) is 5.40. The summed E-state index contributed by atoms with van der Waals surface area (Å²) in [4.78, 5) is 28.2. The van der Waals surface area contributed by atoms with E-state index in [1.165, 1.54) is 41.3 Å². The van der Waals surface area contributed by atoms with Gasteiger partial charge >= 0.3 is 0 Å². The highest BCUT2D eigenvalue weighted by Gasteiger charge is 2.32. The zero-order valence-electron chi connectivity index (χ0n) is 22.8. The van der Waals surface area contributed by atoms with Gasteiger partial charge < -0.3 is 10.2 Å². The topological polar surface area (TPSA) is 86.8 Å². The summed E-state index contributed by atoms with van der Waals surface area (Å²) in [5.74, 6) is -1.13. The molecule has 1 N–H and O–H groups in total. The van der Waals surface area contributed by atoms with Crippen molar-refractivity contribution in [2.75, 3.05) is 17.4 Å². The second-order valence-electron chi connectivity index (χ2n) is 9.81. The third-order valence-corrected chi connectivity index (χ3v) is 8.15. The monoisotopic (exact) mass is 553 g/mol. The number of nitrogens with zero attached hydrogens (tertiary/aromatic N) is 2. The second-order valence-corrected chi connectivity index (χ2v) is 11.7. The summed E-state index contributed by atoms with van der Waals surface area (Å²) in [5, 5.41) is 2.84. The maximum absolute atomic E-state index is 13.8. The van der Waals surface area contributed by atoms with Crippen LogP contribution in [0.1, 0.15) is 38.8 Å². The van der Waals surface area contributed by atoms with Crippen LogP contribution in [0.2, 0.25) is 0 Å². The lowest BCUT2D eigenvalue weighted by molar-refractivity contribution is -0.139. The molecule has 3 rings (SSSR count). The largest absolute Gasteiger partial charge is 0.354 e. The number of sulfonamides is 1. The molecule has 0 aliphatic heterocycles. The Bertz CT molecular complexity index is 1350. The number of hydrogen-bond acceptors (Lipinski definition) is 4. The molecule has 39 heavy (non-hydrogen) atoms. The molecule has 2 amide bonds. The Labute approximate surface area is 230 Å². The van der Waals surface area contributed by atoms with E-state index in [-0.39, 0.29) is 23.3 Å². The number of rotatable bonds is 12. The average molecular weight is 554 g/mol. The molecule has 7 nitrogen and oxygen atoms in total. The zero-order valence-corrected chi connectivity index (χ0v) is 23.6. The molecule has 3 aromatic rings. The van der Waals surface area contributed by atoms with E-state index in [1.807, 2.05) is 32.9 Å². The number of benzene rings is 3. The predicted molar refractivity (Wildman–Crippen MR) is 151 cm³/mol. The van der Waals surface area contributed by atoms with E-state index in [1.54, 1.807) is 37.3 Å². The van der Waals surface area contributed by atoms with E-state index in [0.717, 1.165) is 16.3 Å². The Kier molecular flexibility index (Phi) is 10.2. The lowest BCUT2D eigenvalue weighted by Gasteiger charge is -2.32. The van der Waals surface area contributed by atoms with Gasteiger partial charge in [-0.25, -0.2) is 12.8 Å². The number of halogens is 1. The van der Waals surface area contributed by atoms with Crippen molar-refractivity contribution >= 4 is 27.5 Å². The van der Waals surface area contributed by atoms with E-state index in [9.17, 15) is 22.4 Å². The van der Waals surface area contributed by atoms with Gasteiger partial charge in [0.1, 0.15) is 18.4 Å². The Balaban J connectivity index is 1.99. The SMILES string of the molecule is CCc1ccc(N(CC(=O)N(Cc2ccc(F)cc2)[C@H](C)C(=O)NCC(C)C)S(=O)(=O)c2ccccc2)cc1. The zero-order chi connectivity index (χ0) is 28.6. The standard InChI is InChI=1S/C30H36FN3O4S/c1-5-24-13-17-27(18-14-24)34(39(37,38)28-9-7-6-8-10-28)21-29(35)33(20-25-11-15-26(31)16-12-25)23(4)30(36)32-19-22(2)3/h6-18,22-23H,5,19-21H2,1-4H3,(H,32,36)/t23-/m1/s1. The number of aryl methyl sites for hydroxylation is 1. The molecule has 0 aliphatic rings. The molecule has 0 unspecified atom stereocenters. The first-order chi connectivity index (χ1) is 18.5. The van der Waals surface area contributed by atoms with Crippen LogP contribution in [0.3, 0.4) is 0 Å². The maximum atomic E-state index is 13.8. The molecule has 0 heterocycles. The van der Waals surface area contributed by atoms with Gasteiger partial charge in [0.15, 0.2) is 0 Å². The average Bonchev–Trinajstić information content (AvgIpc) is 2.94. The summed E-state index contributed by atoms with van der Waals surface area (Å²) >= 11 is 0. The summed E-state index contributed by atoms with van der Waals surface area (Å²) in [6, 6.07) is 19.7. The first-order valence-corrected chi connectivity index (χ1v) is 14.4. The molecular weight excluding hydrogens is 517 g/mol. The highest BCUT2D eigenvalue weighted by atomic mass is 32.2. The molecule has 0 spiro atoms. The lowest BCUT2D eigenvalue weighted by atomic mass is 10.1. The van der Waals surface area contributed by atoms with Gasteiger partial charge in [-0.2, -0.15) is 0 Å². The van der Waals surface area contributed by atoms with Crippen molar-refractivity contribution in [1.82, 2.24) is 10.2 Å². The molecule has 0 saturated carbocycles. The molecule has 0 bridgehead atoms. The van der Waals surface area contributed by atoms with Gasteiger partial charge in [-0.05, 0) is 66.8 Å². The van der Waals surface area contributed by atoms with Crippen LogP contribution in [-0.2, 0) is 32.6 Å². The van der Waals surface area contributed by atoms with Crippen molar-refractivity contribution in [3.05, 3.63) is 95.8 Å². The van der Waals surface area contributed by atoms with Gasteiger partial charge in [0, 0.05) is 13.1 Å². The lowest BCUT2D eigenvalue weighted by Crippen LogP contribution is -2.51. The van der Waals surface area contributed by atoms with Crippen LogP contribution in [0.4, 0.5) is 10.1 Å². The number of carbonyl (C=O) groups excluding carboxylic acids is 2. The number of anilines is 1. The Morgan fingerprint density at radius 1 is 0.872 bits per heavy atom. The van der Waals surface area contributed by atoms with Gasteiger partial charge in [0.05, 0.1) is 10.6 Å². The van der Waals surface area contributed by atoms with Crippen LogP contribution in [-0.4, -0.2) is 44.3 Å². The molecule has 0 radical (unpaired) electrons. The summed E-state index contributed by atoms with van der Waals surface area (Å²) in [6.45, 7) is 7.43. The van der Waals surface area contributed by atoms with Crippen LogP contribution < -0.4 is 9.62 Å². The highest BCUT2D eigenvalue weighted by molar-refractivity contribution is 7.92. The van der Waals surface area contributed by atoms with Crippen molar-refractivity contribution in [3.63, 3.8) is 0 Å². The van der Waals surface area contributed by atoms with Gasteiger partial charge in [-0.3, -0.25) is 13.9 Å². The minimum atomic E-state index is -4.11. The smallest absolute Gasteiger partial charge is 0.264 e. The van der Waals surface area contributed by atoms with E-state index < -0.39 is 34.3 Å². The van der Waals surface area contributed by atoms with E-state index >= 15 is 0 Å². The van der Waals surface area contributed by atoms with Crippen LogP contribution in [0, 0.1) is 11.7 Å². The number of amides is 2. The van der Waals surface area contributed by atoms with E-state index in [4.69, 9.17) is 0 Å². The van der Waals surface area contributed by atoms with Crippen LogP contribution in [0.15, 0.2) is 83.8 Å². The van der Waals surface area contributed by atoms with Crippen molar-refractivity contribution in [3.8, 4) is 0 Å². The first kappa shape index (κ1) is 29.8. The van der Waals surface area contributed by atoms with E-state index in [0.29, 0.717) is 17.8 Å². The van der Waals surface area contributed by atoms with Crippen molar-refractivity contribution < 1.29 is 22.4 Å². The minimum Gasteiger partial charge on any atom is -0.354 e. The van der Waals surface area contributed by atoms with Gasteiger partial charge in [0.2, 0.25) is 11.8 Å². The van der Waals surface area contributed by atoms with Gasteiger partial charge in [-0.1, -0.05) is 63.2 Å². The Morgan fingerprint density at radius 2 is 1.46 bits per heavy atom. The van der Waals surface area contributed by atoms with Gasteiger partial charge in [0.25, 0.3) is 10.0 Å². The summed E-state index contributed by atoms with van der Waals surface area (Å²) in [7, 11) is -4.11. The number of nitrogens with one attached hydrogen (secondary N) is 1. The van der Waals surface area contributed by atoms with Crippen molar-refractivity contribution in [2.45, 2.75) is 51.6 Å². The van der Waals surface area contributed by atoms with E-state index in [2.05, 4.69) is 5.32 Å². The van der Waals surface area contributed by atoms with Crippen LogP contribution in [0.25, 0.3) is 0 Å². The van der Waals surface area contributed by atoms with Crippen molar-refractivity contribution in [1.29, 1.82) is 0 Å². The van der Waals surface area contributed by atoms with Crippen LogP contribution >= 0.6 is 0 Å². The molecule has 0 aromatic heterocycles. The molecular formula is C30H36FN3O4S. The Morgan fingerprint density at radius 3 is 2.03 bits per heavy atom. The number of carbonyl (C=O) groups is 2. The quantitative estimate of drug-likeness (QED) is 0.350. The fraction of sp³-hybridized carbons (Fsp3) is 0.333. The first-order valence-electron chi connectivity index (χ1n) is 13.0. The molecule has 3 aromatic carbocycles. The molecule has 1 atom stereocenters. The second kappa shape index (κ2) is 13.4. The normalized spacial score (nSPS) is 12.2. The van der Waals surface area contributed by atoms with Crippen LogP contribution in [0.5, 0.6) is 0 Å². The van der Waals surface area contributed by atoms with Gasteiger partial charge in [-0.15, -0.1) is 0 Å². The number of hydrogen-bond donors (Lipinski definition) is 1. The van der Waals surface area contributed by atoms with Crippen molar-refractivity contribution in [2.24, 2.45) is 5.92 Å². The summed E-state index contributed by atoms with van der Waals surface area (Å²) in [5.41, 5.74) is 1.97. The Hall–Kier alpha value is -3.72. The molecule has 0 saturated heterocycles. The highest BCUT2D eigenvalue weighted by Crippen LogP contribution is 2.25. The third kappa shape index (κ3) is 7.89. The predicted octanol–water partition coefficient (Wildman–Crippen LogP) is 4.77. The molecule has 9 heteroatoms.